The topological polar surface area (TPSA) is 53.2 Å². The summed E-state index contributed by atoms with van der Waals surface area (Å²) in [5.74, 6) is -0.246. The summed E-state index contributed by atoms with van der Waals surface area (Å²) >= 11 is 0. The molecule has 2 aliphatic rings. The first kappa shape index (κ1) is 13.2. The molecule has 0 bridgehead atoms. The van der Waals surface area contributed by atoms with E-state index < -0.39 is 0 Å². The van der Waals surface area contributed by atoms with Crippen LogP contribution in [0.25, 0.3) is 0 Å². The van der Waals surface area contributed by atoms with Crippen molar-refractivity contribution >= 4 is 5.78 Å². The predicted molar refractivity (Wildman–Crippen MR) is 68.8 cm³/mol. The van der Waals surface area contributed by atoms with Gasteiger partial charge in [-0.15, -0.1) is 0 Å². The van der Waals surface area contributed by atoms with Crippen molar-refractivity contribution in [3.8, 4) is 0 Å². The summed E-state index contributed by atoms with van der Waals surface area (Å²) in [4.78, 5) is 12.2. The van der Waals surface area contributed by atoms with E-state index in [0.29, 0.717) is 17.6 Å². The zero-order chi connectivity index (χ0) is 13.0. The molecule has 0 saturated carbocycles. The van der Waals surface area contributed by atoms with E-state index >= 15 is 0 Å². The second-order valence-corrected chi connectivity index (χ2v) is 4.80. The first-order valence-electron chi connectivity index (χ1n) is 6.45. The minimum Gasteiger partial charge on any atom is -0.384 e. The van der Waals surface area contributed by atoms with Gasteiger partial charge < -0.3 is 16.0 Å². The Bertz CT molecular complexity index is 382. The lowest BCUT2D eigenvalue weighted by atomic mass is 9.96. The Kier molecular flexibility index (Phi) is 4.49. The Labute approximate surface area is 107 Å². The van der Waals surface area contributed by atoms with E-state index in [1.165, 1.54) is 0 Å². The van der Waals surface area contributed by atoms with Gasteiger partial charge in [0.05, 0.1) is 6.54 Å². The molecule has 0 spiro atoms. The number of halogens is 1. The van der Waals surface area contributed by atoms with E-state index in [2.05, 4.69) is 16.0 Å². The maximum Gasteiger partial charge on any atom is 0.166 e. The van der Waals surface area contributed by atoms with E-state index in [4.69, 9.17) is 0 Å². The molecule has 1 atom stereocenters. The van der Waals surface area contributed by atoms with Crippen molar-refractivity contribution in [1.29, 1.82) is 0 Å². The number of allylic oxidation sites excluding steroid dienone is 2. The molecule has 0 aromatic heterocycles. The number of carbonyl (C=O) groups is 1. The molecule has 0 aromatic rings. The number of hydrogen-bond acceptors (Lipinski definition) is 4. The summed E-state index contributed by atoms with van der Waals surface area (Å²) in [5, 5.41) is 9.42. The molecular weight excluding hydrogens is 233 g/mol. The molecule has 18 heavy (non-hydrogen) atoms. The summed E-state index contributed by atoms with van der Waals surface area (Å²) in [5.41, 5.74) is 0.949. The third-order valence-electron chi connectivity index (χ3n) is 3.40. The van der Waals surface area contributed by atoms with Gasteiger partial charge in [-0.1, -0.05) is 0 Å². The number of Topliss-reactive ketones (excluding diaryl/α,β-unsaturated/α-hetero) is 1. The Morgan fingerprint density at radius 2 is 2.33 bits per heavy atom. The lowest BCUT2D eigenvalue weighted by Crippen LogP contribution is -2.37. The molecule has 0 radical (unpaired) electrons. The monoisotopic (exact) mass is 253 g/mol. The minimum absolute atomic E-state index is 0.00366. The van der Waals surface area contributed by atoms with Gasteiger partial charge in [0.25, 0.3) is 0 Å². The van der Waals surface area contributed by atoms with Crippen LogP contribution in [0.1, 0.15) is 19.8 Å². The Balaban J connectivity index is 1.97. The highest BCUT2D eigenvalue weighted by Gasteiger charge is 2.22. The van der Waals surface area contributed by atoms with Crippen LogP contribution < -0.4 is 16.0 Å². The molecule has 0 aromatic carbocycles. The van der Waals surface area contributed by atoms with E-state index in [1.54, 1.807) is 13.1 Å². The minimum atomic E-state index is -0.243. The predicted octanol–water partition coefficient (Wildman–Crippen LogP) is 0.628. The number of rotatable bonds is 3. The molecule has 0 amide bonds. The lowest BCUT2D eigenvalue weighted by molar-refractivity contribution is -0.115. The molecule has 4 nitrogen and oxygen atoms in total. The molecule has 3 N–H and O–H groups in total. The molecule has 5 heteroatoms. The highest BCUT2D eigenvalue weighted by atomic mass is 19.1. The molecule has 1 fully saturated rings. The molecule has 2 heterocycles. The first-order valence-corrected chi connectivity index (χ1v) is 6.45. The van der Waals surface area contributed by atoms with Gasteiger partial charge in [-0.3, -0.25) is 4.79 Å². The summed E-state index contributed by atoms with van der Waals surface area (Å²) < 4.78 is 13.4. The van der Waals surface area contributed by atoms with Gasteiger partial charge >= 0.3 is 0 Å². The Morgan fingerprint density at radius 3 is 3.17 bits per heavy atom. The maximum atomic E-state index is 13.4. The molecule has 2 rings (SSSR count). The standard InChI is InChI=1S/C13H20FN3O/c1-9-11(7-16-8-12(9)14)13(18)5-10-6-15-3-2-4-17-10/h7,10,15-17H,2-6,8H2,1H3. The average molecular weight is 253 g/mol. The smallest absolute Gasteiger partial charge is 0.166 e. The van der Waals surface area contributed by atoms with Crippen LogP contribution in [0.15, 0.2) is 23.2 Å². The fraction of sp³-hybridized carbons (Fsp3) is 0.615. The fourth-order valence-corrected chi connectivity index (χ4v) is 2.27. The van der Waals surface area contributed by atoms with Crippen LogP contribution in [0.2, 0.25) is 0 Å². The zero-order valence-corrected chi connectivity index (χ0v) is 10.7. The van der Waals surface area contributed by atoms with Crippen molar-refractivity contribution in [3.05, 3.63) is 23.2 Å². The maximum absolute atomic E-state index is 13.4. The average Bonchev–Trinajstić information content (AvgIpc) is 2.61. The van der Waals surface area contributed by atoms with Crippen LogP contribution in [0.4, 0.5) is 4.39 Å². The van der Waals surface area contributed by atoms with Gasteiger partial charge in [-0.2, -0.15) is 0 Å². The van der Waals surface area contributed by atoms with Crippen LogP contribution >= 0.6 is 0 Å². The number of nitrogens with one attached hydrogen (secondary N) is 3. The van der Waals surface area contributed by atoms with Gasteiger partial charge in [0.2, 0.25) is 0 Å². The van der Waals surface area contributed by atoms with Crippen molar-refractivity contribution in [2.24, 2.45) is 0 Å². The third kappa shape index (κ3) is 3.17. The van der Waals surface area contributed by atoms with Crippen LogP contribution in [-0.4, -0.2) is 38.0 Å². The highest BCUT2D eigenvalue weighted by molar-refractivity contribution is 6.00. The third-order valence-corrected chi connectivity index (χ3v) is 3.40. The highest BCUT2D eigenvalue weighted by Crippen LogP contribution is 2.20. The van der Waals surface area contributed by atoms with Gasteiger partial charge in [0.1, 0.15) is 5.83 Å². The van der Waals surface area contributed by atoms with Gasteiger partial charge in [0.15, 0.2) is 5.78 Å². The van der Waals surface area contributed by atoms with E-state index in [9.17, 15) is 9.18 Å². The summed E-state index contributed by atoms with van der Waals surface area (Å²) in [6.07, 6.45) is 3.11. The van der Waals surface area contributed by atoms with Gasteiger partial charge in [-0.05, 0) is 32.0 Å². The van der Waals surface area contributed by atoms with E-state index in [1.807, 2.05) is 0 Å². The lowest BCUT2D eigenvalue weighted by Gasteiger charge is -2.19. The van der Waals surface area contributed by atoms with Crippen LogP contribution in [0, 0.1) is 0 Å². The number of ketones is 1. The van der Waals surface area contributed by atoms with Crippen LogP contribution in [0.3, 0.4) is 0 Å². The van der Waals surface area contributed by atoms with Crippen molar-refractivity contribution in [3.63, 3.8) is 0 Å². The summed E-state index contributed by atoms with van der Waals surface area (Å²) in [6.45, 7) is 4.54. The Hall–Kier alpha value is -1.20. The number of hydrogen-bond donors (Lipinski definition) is 3. The van der Waals surface area contributed by atoms with Gasteiger partial charge in [-0.25, -0.2) is 4.39 Å². The quantitative estimate of drug-likeness (QED) is 0.690. The normalized spacial score (nSPS) is 25.2. The number of dihydropyridines is 1. The molecule has 100 valence electrons. The van der Waals surface area contributed by atoms with Crippen molar-refractivity contribution in [2.75, 3.05) is 26.2 Å². The molecular formula is C13H20FN3O. The second-order valence-electron chi connectivity index (χ2n) is 4.80. The van der Waals surface area contributed by atoms with Crippen molar-refractivity contribution in [1.82, 2.24) is 16.0 Å². The van der Waals surface area contributed by atoms with Crippen molar-refractivity contribution in [2.45, 2.75) is 25.8 Å². The second kappa shape index (κ2) is 6.11. The summed E-state index contributed by atoms with van der Waals surface area (Å²) in [6, 6.07) is 0.138. The molecule has 1 saturated heterocycles. The van der Waals surface area contributed by atoms with Crippen molar-refractivity contribution < 1.29 is 9.18 Å². The molecule has 0 aliphatic carbocycles. The fourth-order valence-electron chi connectivity index (χ4n) is 2.27. The van der Waals surface area contributed by atoms with E-state index in [0.717, 1.165) is 26.1 Å². The summed E-state index contributed by atoms with van der Waals surface area (Å²) in [7, 11) is 0. The van der Waals surface area contributed by atoms with Gasteiger partial charge in [0, 0.05) is 30.8 Å². The first-order chi connectivity index (χ1) is 8.68. The molecule has 1 unspecified atom stereocenters. The number of carbonyl (C=O) groups excluding carboxylic acids is 1. The largest absolute Gasteiger partial charge is 0.384 e. The zero-order valence-electron chi connectivity index (χ0n) is 10.7. The molecule has 2 aliphatic heterocycles. The van der Waals surface area contributed by atoms with Crippen LogP contribution in [-0.2, 0) is 4.79 Å². The SMILES string of the molecule is CC1=C(F)CNC=C1C(=O)CC1CNCCCN1. The Morgan fingerprint density at radius 1 is 1.50 bits per heavy atom. The van der Waals surface area contributed by atoms with E-state index in [-0.39, 0.29) is 24.2 Å². The van der Waals surface area contributed by atoms with Crippen LogP contribution in [0.5, 0.6) is 0 Å².